The molecule has 0 saturated heterocycles. The van der Waals surface area contributed by atoms with Crippen LogP contribution in [0, 0.1) is 5.92 Å². The number of hydrogen-bond donors (Lipinski definition) is 0. The van der Waals surface area contributed by atoms with E-state index in [4.69, 9.17) is 0 Å². The van der Waals surface area contributed by atoms with Gasteiger partial charge < -0.3 is 0 Å². The maximum absolute atomic E-state index is 12.9. The third-order valence-corrected chi connectivity index (χ3v) is 8.63. The van der Waals surface area contributed by atoms with Crippen LogP contribution >= 0.6 is 0 Å². The van der Waals surface area contributed by atoms with Gasteiger partial charge in [0.2, 0.25) is 0 Å². The zero-order valence-electron chi connectivity index (χ0n) is 19.1. The number of rotatable bonds is 13. The molecule has 30 heavy (non-hydrogen) atoms. The summed E-state index contributed by atoms with van der Waals surface area (Å²) in [6.07, 6.45) is 9.37. The van der Waals surface area contributed by atoms with E-state index in [1.165, 1.54) is 43.2 Å². The Morgan fingerprint density at radius 1 is 0.900 bits per heavy atom. The SMILES string of the molecule is CC(C)=CCC[C@H](C)CCC[C@@H](C)[Se][C@H](CC(=O)c1ccccc1)c1ccccc1. The molecule has 0 aliphatic carbocycles. The first-order valence-corrected chi connectivity index (χ1v) is 13.4. The van der Waals surface area contributed by atoms with Crippen LogP contribution in [0.3, 0.4) is 0 Å². The van der Waals surface area contributed by atoms with Crippen molar-refractivity contribution in [2.75, 3.05) is 0 Å². The Hall–Kier alpha value is -1.63. The average Bonchev–Trinajstić information content (AvgIpc) is 2.74. The van der Waals surface area contributed by atoms with Gasteiger partial charge in [0.25, 0.3) is 0 Å². The summed E-state index contributed by atoms with van der Waals surface area (Å²) in [4.78, 5) is 13.9. The fraction of sp³-hybridized carbons (Fsp3) is 0.464. The van der Waals surface area contributed by atoms with Gasteiger partial charge in [-0.05, 0) is 0 Å². The van der Waals surface area contributed by atoms with Gasteiger partial charge in [0.15, 0.2) is 0 Å². The Morgan fingerprint density at radius 3 is 2.17 bits per heavy atom. The van der Waals surface area contributed by atoms with E-state index in [0.717, 1.165) is 11.5 Å². The van der Waals surface area contributed by atoms with Crippen molar-refractivity contribution < 1.29 is 4.79 Å². The summed E-state index contributed by atoms with van der Waals surface area (Å²) < 4.78 is 0. The number of hydrogen-bond acceptors (Lipinski definition) is 1. The number of carbonyl (C=O) groups is 1. The van der Waals surface area contributed by atoms with Gasteiger partial charge >= 0.3 is 191 Å². The summed E-state index contributed by atoms with van der Waals surface area (Å²) in [7, 11) is 0. The number of carbonyl (C=O) groups excluding carboxylic acids is 1. The summed E-state index contributed by atoms with van der Waals surface area (Å²) in [5, 5.41) is 0. The van der Waals surface area contributed by atoms with E-state index in [0.29, 0.717) is 31.0 Å². The molecule has 0 unspecified atom stereocenters. The van der Waals surface area contributed by atoms with Crippen LogP contribution in [0.1, 0.15) is 87.0 Å². The van der Waals surface area contributed by atoms with Crippen molar-refractivity contribution in [3.8, 4) is 0 Å². The molecule has 0 bridgehead atoms. The first-order valence-electron chi connectivity index (χ1n) is 11.4. The van der Waals surface area contributed by atoms with E-state index in [9.17, 15) is 4.79 Å². The van der Waals surface area contributed by atoms with E-state index < -0.39 is 0 Å². The molecule has 0 heterocycles. The third-order valence-electron chi connectivity index (χ3n) is 5.55. The fourth-order valence-electron chi connectivity index (χ4n) is 3.73. The van der Waals surface area contributed by atoms with Crippen LogP contribution in [0.15, 0.2) is 72.3 Å². The minimum atomic E-state index is 0.270. The van der Waals surface area contributed by atoms with E-state index in [1.807, 2.05) is 30.3 Å². The van der Waals surface area contributed by atoms with E-state index in [1.54, 1.807) is 0 Å². The molecule has 3 atom stereocenters. The Bertz CT molecular complexity index is 762. The van der Waals surface area contributed by atoms with Crippen molar-refractivity contribution in [3.05, 3.63) is 83.4 Å². The molecule has 0 spiro atoms. The second kappa shape index (κ2) is 13.6. The van der Waals surface area contributed by atoms with Gasteiger partial charge in [0.05, 0.1) is 0 Å². The first-order chi connectivity index (χ1) is 14.5. The molecule has 0 fully saturated rings. The van der Waals surface area contributed by atoms with Crippen LogP contribution in [0.4, 0.5) is 0 Å². The van der Waals surface area contributed by atoms with Crippen molar-refractivity contribution in [1.82, 2.24) is 0 Å². The molecule has 0 aliphatic rings. The standard InChI is InChI=1S/C28H38OSe/c1-22(2)13-11-14-23(3)15-12-16-24(4)30-28(26-19-9-6-10-20-26)21-27(29)25-17-7-5-8-18-25/h5-10,13,17-20,23-24,28H,11-12,14-16,21H2,1-4H3/t23-,24+,28+/m0/s1. The van der Waals surface area contributed by atoms with Crippen molar-refractivity contribution in [2.24, 2.45) is 5.92 Å². The monoisotopic (exact) mass is 470 g/mol. The summed E-state index contributed by atoms with van der Waals surface area (Å²) in [6.45, 7) is 9.14. The van der Waals surface area contributed by atoms with Gasteiger partial charge in [-0.1, -0.05) is 0 Å². The van der Waals surface area contributed by atoms with Gasteiger partial charge in [-0.25, -0.2) is 0 Å². The number of allylic oxidation sites excluding steroid dienone is 2. The predicted octanol–water partition coefficient (Wildman–Crippen LogP) is 8.07. The molecule has 0 radical (unpaired) electrons. The second-order valence-electron chi connectivity index (χ2n) is 8.73. The van der Waals surface area contributed by atoms with Crippen molar-refractivity contribution in [1.29, 1.82) is 0 Å². The van der Waals surface area contributed by atoms with E-state index in [-0.39, 0.29) is 5.78 Å². The second-order valence-corrected chi connectivity index (χ2v) is 12.2. The minimum absolute atomic E-state index is 0.270. The molecule has 162 valence electrons. The zero-order valence-corrected chi connectivity index (χ0v) is 20.9. The molecule has 0 saturated carbocycles. The van der Waals surface area contributed by atoms with Gasteiger partial charge in [0.1, 0.15) is 0 Å². The Labute approximate surface area is 190 Å². The van der Waals surface area contributed by atoms with E-state index in [2.05, 4.69) is 64.1 Å². The fourth-order valence-corrected chi connectivity index (χ4v) is 6.72. The zero-order chi connectivity index (χ0) is 21.8. The number of Topliss-reactive ketones (excluding diaryl/α,β-unsaturated/α-hetero) is 1. The van der Waals surface area contributed by atoms with Crippen LogP contribution in [0.5, 0.6) is 0 Å². The van der Waals surface area contributed by atoms with Gasteiger partial charge in [-0.2, -0.15) is 0 Å². The molecule has 0 amide bonds. The molecular weight excluding hydrogens is 431 g/mol. The third kappa shape index (κ3) is 9.45. The quantitative estimate of drug-likeness (QED) is 0.165. The number of ketones is 1. The molecule has 1 nitrogen and oxygen atoms in total. The summed E-state index contributed by atoms with van der Waals surface area (Å²) >= 11 is 0.414. The van der Waals surface area contributed by atoms with E-state index >= 15 is 0 Å². The summed E-state index contributed by atoms with van der Waals surface area (Å²) in [6, 6.07) is 20.4. The predicted molar refractivity (Wildman–Crippen MR) is 131 cm³/mol. The Morgan fingerprint density at radius 2 is 1.53 bits per heavy atom. The average molecular weight is 470 g/mol. The van der Waals surface area contributed by atoms with Crippen LogP contribution in [-0.4, -0.2) is 20.7 Å². The normalized spacial score (nSPS) is 14.0. The van der Waals surface area contributed by atoms with Crippen molar-refractivity contribution in [3.63, 3.8) is 0 Å². The molecule has 2 heteroatoms. The molecule has 2 aromatic rings. The molecular formula is C28H38OSe. The summed E-state index contributed by atoms with van der Waals surface area (Å²) in [5.41, 5.74) is 3.59. The molecule has 2 rings (SSSR count). The van der Waals surface area contributed by atoms with Crippen LogP contribution in [-0.2, 0) is 0 Å². The molecule has 0 aliphatic heterocycles. The number of benzene rings is 2. The molecule has 2 aromatic carbocycles. The van der Waals surface area contributed by atoms with Gasteiger partial charge in [-0.15, -0.1) is 0 Å². The molecule has 0 N–H and O–H groups in total. The van der Waals surface area contributed by atoms with Crippen LogP contribution in [0.25, 0.3) is 0 Å². The first kappa shape index (κ1) is 24.6. The molecule has 0 aromatic heterocycles. The van der Waals surface area contributed by atoms with Gasteiger partial charge in [-0.3, -0.25) is 0 Å². The Kier molecular flexibility index (Phi) is 11.2. The Balaban J connectivity index is 1.87. The van der Waals surface area contributed by atoms with Crippen LogP contribution in [0.2, 0.25) is 4.82 Å². The maximum atomic E-state index is 12.9. The van der Waals surface area contributed by atoms with Crippen molar-refractivity contribution in [2.45, 2.75) is 75.9 Å². The topological polar surface area (TPSA) is 17.1 Å². The van der Waals surface area contributed by atoms with Crippen LogP contribution < -0.4 is 0 Å². The van der Waals surface area contributed by atoms with Crippen molar-refractivity contribution >= 4 is 20.7 Å². The summed E-state index contributed by atoms with van der Waals surface area (Å²) in [5.74, 6) is 1.07. The van der Waals surface area contributed by atoms with Gasteiger partial charge in [0, 0.05) is 0 Å².